The van der Waals surface area contributed by atoms with Gasteiger partial charge in [0.05, 0.1) is 6.61 Å². The molecular formula is C12H11BrClN3O3S. The molecule has 0 atom stereocenters. The van der Waals surface area contributed by atoms with E-state index in [1.165, 1.54) is 18.5 Å². The minimum absolute atomic E-state index is 0.118. The number of hydrogen-bond acceptors (Lipinski definition) is 5. The topological polar surface area (TPSA) is 81.2 Å². The van der Waals surface area contributed by atoms with E-state index >= 15 is 0 Å². The molecule has 0 fully saturated rings. The molecule has 0 bridgehead atoms. The van der Waals surface area contributed by atoms with Crippen LogP contribution in [0, 0.1) is 0 Å². The van der Waals surface area contributed by atoms with Gasteiger partial charge in [-0.15, -0.1) is 0 Å². The molecule has 0 saturated heterocycles. The number of nitrogens with zero attached hydrogens (tertiary/aromatic N) is 2. The lowest BCUT2D eigenvalue weighted by Gasteiger charge is -2.12. The quantitative estimate of drug-likeness (QED) is 0.791. The average Bonchev–Trinajstić information content (AvgIpc) is 2.43. The van der Waals surface area contributed by atoms with Gasteiger partial charge in [0.2, 0.25) is 5.88 Å². The van der Waals surface area contributed by atoms with Crippen molar-refractivity contribution >= 4 is 43.2 Å². The van der Waals surface area contributed by atoms with Gasteiger partial charge in [-0.2, -0.15) is 0 Å². The van der Waals surface area contributed by atoms with Crippen molar-refractivity contribution in [1.29, 1.82) is 0 Å². The Balaban J connectivity index is 2.40. The maximum Gasteiger partial charge on any atom is 0.265 e. The highest BCUT2D eigenvalue weighted by Gasteiger charge is 2.21. The molecule has 0 unspecified atom stereocenters. The molecule has 2 aromatic heterocycles. The molecule has 0 saturated carbocycles. The van der Waals surface area contributed by atoms with Crippen molar-refractivity contribution in [3.8, 4) is 5.88 Å². The Kier molecular flexibility index (Phi) is 5.02. The van der Waals surface area contributed by atoms with Crippen molar-refractivity contribution in [2.24, 2.45) is 0 Å². The number of halogens is 2. The second-order valence-electron chi connectivity index (χ2n) is 3.84. The summed E-state index contributed by atoms with van der Waals surface area (Å²) in [5, 5.41) is -0.118. The molecule has 0 aliphatic carbocycles. The lowest BCUT2D eigenvalue weighted by molar-refractivity contribution is 0.329. The lowest BCUT2D eigenvalue weighted by atomic mass is 10.4. The van der Waals surface area contributed by atoms with E-state index < -0.39 is 10.0 Å². The van der Waals surface area contributed by atoms with E-state index in [9.17, 15) is 8.42 Å². The summed E-state index contributed by atoms with van der Waals surface area (Å²) in [5.74, 6) is 0.197. The van der Waals surface area contributed by atoms with E-state index in [0.29, 0.717) is 11.1 Å². The van der Waals surface area contributed by atoms with Crippen molar-refractivity contribution in [2.75, 3.05) is 11.3 Å². The van der Waals surface area contributed by atoms with Gasteiger partial charge in [-0.1, -0.05) is 11.6 Å². The van der Waals surface area contributed by atoms with Gasteiger partial charge in [0, 0.05) is 16.9 Å². The van der Waals surface area contributed by atoms with Gasteiger partial charge in [0.25, 0.3) is 10.0 Å². The molecule has 0 spiro atoms. The predicted molar refractivity (Wildman–Crippen MR) is 83.2 cm³/mol. The number of ether oxygens (including phenoxy) is 1. The molecule has 21 heavy (non-hydrogen) atoms. The Labute approximate surface area is 135 Å². The first kappa shape index (κ1) is 16.0. The molecule has 112 valence electrons. The maximum atomic E-state index is 12.4. The number of rotatable bonds is 5. The molecule has 0 aromatic carbocycles. The van der Waals surface area contributed by atoms with E-state index in [-0.39, 0.29) is 21.6 Å². The molecule has 0 radical (unpaired) electrons. The zero-order chi connectivity index (χ0) is 15.5. The molecular weight excluding hydrogens is 382 g/mol. The molecule has 0 aliphatic heterocycles. The van der Waals surface area contributed by atoms with Crippen LogP contribution in [0.4, 0.5) is 5.69 Å². The largest absolute Gasteiger partial charge is 0.476 e. The van der Waals surface area contributed by atoms with Gasteiger partial charge < -0.3 is 4.74 Å². The summed E-state index contributed by atoms with van der Waals surface area (Å²) < 4.78 is 33.0. The molecule has 6 nitrogen and oxygen atoms in total. The normalized spacial score (nSPS) is 11.2. The summed E-state index contributed by atoms with van der Waals surface area (Å²) in [7, 11) is -3.90. The molecule has 0 aliphatic rings. The van der Waals surface area contributed by atoms with E-state index in [2.05, 4.69) is 30.6 Å². The predicted octanol–water partition coefficient (Wildman–Crippen LogP) is 3.09. The van der Waals surface area contributed by atoms with Crippen LogP contribution in [0.5, 0.6) is 5.88 Å². The van der Waals surface area contributed by atoms with Gasteiger partial charge in [0.1, 0.15) is 15.7 Å². The molecule has 0 amide bonds. The summed E-state index contributed by atoms with van der Waals surface area (Å²) in [6, 6.07) is 4.52. The van der Waals surface area contributed by atoms with E-state index in [0.717, 1.165) is 0 Å². The first-order valence-electron chi connectivity index (χ1n) is 5.85. The monoisotopic (exact) mass is 391 g/mol. The first-order chi connectivity index (χ1) is 9.94. The van der Waals surface area contributed by atoms with Gasteiger partial charge >= 0.3 is 0 Å². The van der Waals surface area contributed by atoms with Crippen LogP contribution < -0.4 is 9.46 Å². The zero-order valence-electron chi connectivity index (χ0n) is 10.9. The third-order valence-corrected chi connectivity index (χ3v) is 4.59. The molecule has 2 aromatic rings. The van der Waals surface area contributed by atoms with E-state index in [1.807, 2.05) is 0 Å². The number of hydrogen-bond donors (Lipinski definition) is 1. The van der Waals surface area contributed by atoms with Crippen LogP contribution in [0.1, 0.15) is 6.92 Å². The highest BCUT2D eigenvalue weighted by atomic mass is 79.9. The van der Waals surface area contributed by atoms with Crippen molar-refractivity contribution in [2.45, 2.75) is 11.8 Å². The number of aromatic nitrogens is 2. The van der Waals surface area contributed by atoms with Crippen molar-refractivity contribution in [1.82, 2.24) is 9.97 Å². The maximum absolute atomic E-state index is 12.4. The molecule has 9 heteroatoms. The zero-order valence-corrected chi connectivity index (χ0v) is 14.0. The summed E-state index contributed by atoms with van der Waals surface area (Å²) in [6.07, 6.45) is 2.92. The van der Waals surface area contributed by atoms with Crippen LogP contribution in [0.3, 0.4) is 0 Å². The SMILES string of the molecule is CCOc1ncccc1NS(=O)(=O)c1cc(Br)cnc1Cl. The summed E-state index contributed by atoms with van der Waals surface area (Å²) in [6.45, 7) is 2.15. The number of nitrogens with one attached hydrogen (secondary N) is 1. The van der Waals surface area contributed by atoms with Crippen LogP contribution >= 0.6 is 27.5 Å². The van der Waals surface area contributed by atoms with Crippen LogP contribution in [-0.4, -0.2) is 25.0 Å². The van der Waals surface area contributed by atoms with Gasteiger partial charge in [-0.05, 0) is 41.1 Å². The standard InChI is InChI=1S/C12H11BrClN3O3S/c1-2-20-12-9(4-3-5-15-12)17-21(18,19)10-6-8(13)7-16-11(10)14/h3-7,17H,2H2,1H3. The number of pyridine rings is 2. The molecule has 2 rings (SSSR count). The third-order valence-electron chi connectivity index (χ3n) is 2.36. The first-order valence-corrected chi connectivity index (χ1v) is 8.51. The molecule has 1 N–H and O–H groups in total. The Morgan fingerprint density at radius 1 is 1.43 bits per heavy atom. The average molecular weight is 393 g/mol. The van der Waals surface area contributed by atoms with Gasteiger partial charge in [-0.3, -0.25) is 4.72 Å². The number of anilines is 1. The van der Waals surface area contributed by atoms with Crippen LogP contribution in [0.25, 0.3) is 0 Å². The van der Waals surface area contributed by atoms with Crippen molar-refractivity contribution in [3.05, 3.63) is 40.2 Å². The minimum Gasteiger partial charge on any atom is -0.476 e. The van der Waals surface area contributed by atoms with Crippen LogP contribution in [0.2, 0.25) is 5.15 Å². The third kappa shape index (κ3) is 3.84. The second-order valence-corrected chi connectivity index (χ2v) is 6.76. The van der Waals surface area contributed by atoms with Crippen molar-refractivity contribution < 1.29 is 13.2 Å². The highest BCUT2D eigenvalue weighted by Crippen LogP contribution is 2.28. The van der Waals surface area contributed by atoms with Gasteiger partial charge in [0.15, 0.2) is 0 Å². The highest BCUT2D eigenvalue weighted by molar-refractivity contribution is 9.10. The summed E-state index contributed by atoms with van der Waals surface area (Å²) in [4.78, 5) is 7.64. The van der Waals surface area contributed by atoms with E-state index in [1.54, 1.807) is 19.1 Å². The van der Waals surface area contributed by atoms with Gasteiger partial charge in [-0.25, -0.2) is 18.4 Å². The lowest BCUT2D eigenvalue weighted by Crippen LogP contribution is -2.15. The Bertz CT molecular complexity index is 755. The fourth-order valence-corrected chi connectivity index (χ4v) is 3.51. The number of sulfonamides is 1. The Morgan fingerprint density at radius 2 is 2.19 bits per heavy atom. The van der Waals surface area contributed by atoms with Crippen LogP contribution in [-0.2, 0) is 10.0 Å². The summed E-state index contributed by atoms with van der Waals surface area (Å²) >= 11 is 9.01. The second kappa shape index (κ2) is 6.59. The fraction of sp³-hybridized carbons (Fsp3) is 0.167. The van der Waals surface area contributed by atoms with E-state index in [4.69, 9.17) is 16.3 Å². The summed E-state index contributed by atoms with van der Waals surface area (Å²) in [5.41, 5.74) is 0.232. The van der Waals surface area contributed by atoms with Crippen LogP contribution in [0.15, 0.2) is 40.0 Å². The Morgan fingerprint density at radius 3 is 2.90 bits per heavy atom. The fourth-order valence-electron chi connectivity index (χ4n) is 1.51. The van der Waals surface area contributed by atoms with Crippen molar-refractivity contribution in [3.63, 3.8) is 0 Å². The Hall–Kier alpha value is -1.38. The smallest absolute Gasteiger partial charge is 0.265 e. The minimum atomic E-state index is -3.90. The molecule has 2 heterocycles.